The van der Waals surface area contributed by atoms with Gasteiger partial charge in [0.25, 0.3) is 5.69 Å². The zero-order valence-electron chi connectivity index (χ0n) is 11.0. The molecular formula is C13H15ClN2O4. The van der Waals surface area contributed by atoms with Gasteiger partial charge in [0.1, 0.15) is 5.54 Å². The minimum atomic E-state index is -0.898. The van der Waals surface area contributed by atoms with Gasteiger partial charge in [0.05, 0.1) is 9.95 Å². The van der Waals surface area contributed by atoms with Crippen molar-refractivity contribution in [2.75, 3.05) is 6.54 Å². The summed E-state index contributed by atoms with van der Waals surface area (Å²) in [5.74, 6) is -0.854. The molecule has 0 bridgehead atoms. The summed E-state index contributed by atoms with van der Waals surface area (Å²) in [6, 6.07) is 4.27. The molecule has 108 valence electrons. The molecule has 1 aromatic carbocycles. The molecule has 1 heterocycles. The van der Waals surface area contributed by atoms with E-state index < -0.39 is 16.4 Å². The van der Waals surface area contributed by atoms with Crippen LogP contribution in [0.15, 0.2) is 18.2 Å². The van der Waals surface area contributed by atoms with E-state index in [2.05, 4.69) is 0 Å². The summed E-state index contributed by atoms with van der Waals surface area (Å²) in [4.78, 5) is 23.4. The quantitative estimate of drug-likeness (QED) is 0.682. The molecular weight excluding hydrogens is 284 g/mol. The third kappa shape index (κ3) is 2.62. The van der Waals surface area contributed by atoms with Crippen LogP contribution < -0.4 is 0 Å². The van der Waals surface area contributed by atoms with E-state index in [-0.39, 0.29) is 5.69 Å². The molecule has 1 fully saturated rings. The molecule has 2 rings (SSSR count). The maximum absolute atomic E-state index is 11.4. The molecule has 0 aliphatic carbocycles. The molecule has 0 saturated carbocycles. The molecule has 1 N–H and O–H groups in total. The molecule has 0 amide bonds. The van der Waals surface area contributed by atoms with Crippen LogP contribution in [0.4, 0.5) is 5.69 Å². The number of carbonyl (C=O) groups is 1. The predicted molar refractivity (Wildman–Crippen MR) is 73.8 cm³/mol. The fraction of sp³-hybridized carbons (Fsp3) is 0.462. The smallest absolute Gasteiger partial charge is 0.323 e. The topological polar surface area (TPSA) is 83.7 Å². The first kappa shape index (κ1) is 14.7. The van der Waals surface area contributed by atoms with Gasteiger partial charge in [0.2, 0.25) is 0 Å². The number of nitrogens with zero attached hydrogens (tertiary/aromatic N) is 2. The number of carboxylic acid groups (broad SMARTS) is 1. The highest BCUT2D eigenvalue weighted by atomic mass is 35.5. The minimum Gasteiger partial charge on any atom is -0.480 e. The number of likely N-dealkylation sites (tertiary alicyclic amines) is 1. The molecule has 1 aliphatic heterocycles. The van der Waals surface area contributed by atoms with Gasteiger partial charge < -0.3 is 5.11 Å². The van der Waals surface area contributed by atoms with Gasteiger partial charge in [-0.3, -0.25) is 19.8 Å². The van der Waals surface area contributed by atoms with Crippen LogP contribution in [-0.4, -0.2) is 33.0 Å². The molecule has 7 heteroatoms. The highest BCUT2D eigenvalue weighted by molar-refractivity contribution is 6.31. The first-order chi connectivity index (χ1) is 9.34. The highest BCUT2D eigenvalue weighted by Crippen LogP contribution is 2.32. The van der Waals surface area contributed by atoms with Gasteiger partial charge in [0.15, 0.2) is 0 Å². The summed E-state index contributed by atoms with van der Waals surface area (Å²) >= 11 is 6.05. The Labute approximate surface area is 121 Å². The summed E-state index contributed by atoms with van der Waals surface area (Å²) in [6.07, 6.45) is 1.40. The lowest BCUT2D eigenvalue weighted by atomic mass is 9.99. The van der Waals surface area contributed by atoms with Gasteiger partial charge in [-0.05, 0) is 37.9 Å². The van der Waals surface area contributed by atoms with Crippen LogP contribution in [0.2, 0.25) is 5.02 Å². The van der Waals surface area contributed by atoms with E-state index in [0.717, 1.165) is 6.42 Å². The zero-order valence-corrected chi connectivity index (χ0v) is 11.8. The third-order valence-corrected chi connectivity index (χ3v) is 4.21. The van der Waals surface area contributed by atoms with Gasteiger partial charge in [-0.25, -0.2) is 0 Å². The first-order valence-corrected chi connectivity index (χ1v) is 6.63. The van der Waals surface area contributed by atoms with Crippen LogP contribution in [0.1, 0.15) is 25.3 Å². The Hall–Kier alpha value is -1.66. The van der Waals surface area contributed by atoms with Gasteiger partial charge in [-0.1, -0.05) is 11.6 Å². The maximum atomic E-state index is 11.4. The molecule has 6 nitrogen and oxygen atoms in total. The summed E-state index contributed by atoms with van der Waals surface area (Å²) in [5, 5.41) is 20.3. The summed E-state index contributed by atoms with van der Waals surface area (Å²) in [5.41, 5.74) is -0.265. The van der Waals surface area contributed by atoms with Gasteiger partial charge >= 0.3 is 5.97 Å². The lowest BCUT2D eigenvalue weighted by molar-refractivity contribution is -0.384. The Morgan fingerprint density at radius 2 is 2.30 bits per heavy atom. The van der Waals surface area contributed by atoms with E-state index in [0.29, 0.717) is 30.1 Å². The summed E-state index contributed by atoms with van der Waals surface area (Å²) < 4.78 is 0. The molecule has 0 radical (unpaired) electrons. The van der Waals surface area contributed by atoms with Gasteiger partial charge in [0, 0.05) is 18.7 Å². The number of aliphatic carboxylic acids is 1. The number of benzene rings is 1. The van der Waals surface area contributed by atoms with Crippen molar-refractivity contribution >= 4 is 23.3 Å². The lowest BCUT2D eigenvalue weighted by Gasteiger charge is -2.31. The number of nitro groups is 1. The number of carboxylic acids is 1. The van der Waals surface area contributed by atoms with E-state index in [1.807, 2.05) is 4.90 Å². The van der Waals surface area contributed by atoms with Crippen molar-refractivity contribution in [2.24, 2.45) is 0 Å². The average Bonchev–Trinajstić information content (AvgIpc) is 2.74. The standard InChI is InChI=1S/C13H15ClN2O4/c1-13(12(17)18)5-2-6-15(13)8-9-3-4-10(16(19)20)7-11(9)14/h3-4,7H,2,5-6,8H2,1H3,(H,17,18). The lowest BCUT2D eigenvalue weighted by Crippen LogP contribution is -2.47. The van der Waals surface area contributed by atoms with Crippen LogP contribution in [0, 0.1) is 10.1 Å². The van der Waals surface area contributed by atoms with Gasteiger partial charge in [-0.2, -0.15) is 0 Å². The monoisotopic (exact) mass is 298 g/mol. The highest BCUT2D eigenvalue weighted by Gasteiger charge is 2.43. The van der Waals surface area contributed by atoms with Crippen molar-refractivity contribution in [3.05, 3.63) is 38.9 Å². The van der Waals surface area contributed by atoms with Crippen LogP contribution in [0.5, 0.6) is 0 Å². The Balaban J connectivity index is 2.22. The number of hydrogen-bond donors (Lipinski definition) is 1. The van der Waals surface area contributed by atoms with Crippen molar-refractivity contribution in [1.82, 2.24) is 4.90 Å². The number of halogens is 1. The second kappa shape index (κ2) is 5.38. The third-order valence-electron chi connectivity index (χ3n) is 3.86. The van der Waals surface area contributed by atoms with E-state index in [4.69, 9.17) is 11.6 Å². The zero-order chi connectivity index (χ0) is 14.9. The van der Waals surface area contributed by atoms with Gasteiger partial charge in [-0.15, -0.1) is 0 Å². The van der Waals surface area contributed by atoms with Crippen LogP contribution >= 0.6 is 11.6 Å². The molecule has 1 atom stereocenters. The Morgan fingerprint density at radius 3 is 2.85 bits per heavy atom. The normalized spacial score (nSPS) is 22.9. The molecule has 1 unspecified atom stereocenters. The van der Waals surface area contributed by atoms with Crippen molar-refractivity contribution in [2.45, 2.75) is 31.8 Å². The fourth-order valence-corrected chi connectivity index (χ4v) is 2.73. The number of hydrogen-bond acceptors (Lipinski definition) is 4. The minimum absolute atomic E-state index is 0.0684. The largest absolute Gasteiger partial charge is 0.480 e. The van der Waals surface area contributed by atoms with E-state index in [9.17, 15) is 20.0 Å². The first-order valence-electron chi connectivity index (χ1n) is 6.26. The number of nitro benzene ring substituents is 1. The summed E-state index contributed by atoms with van der Waals surface area (Å²) in [6.45, 7) is 2.75. The van der Waals surface area contributed by atoms with E-state index >= 15 is 0 Å². The van der Waals surface area contributed by atoms with Crippen molar-refractivity contribution in [3.8, 4) is 0 Å². The molecule has 1 saturated heterocycles. The van der Waals surface area contributed by atoms with Crippen LogP contribution in [0.25, 0.3) is 0 Å². The Kier molecular flexibility index (Phi) is 3.96. The molecule has 20 heavy (non-hydrogen) atoms. The average molecular weight is 299 g/mol. The number of non-ortho nitro benzene ring substituents is 1. The molecule has 0 aromatic heterocycles. The SMILES string of the molecule is CC1(C(=O)O)CCCN1Cc1ccc([N+](=O)[O-])cc1Cl. The maximum Gasteiger partial charge on any atom is 0.323 e. The molecule has 1 aromatic rings. The second-order valence-electron chi connectivity index (χ2n) is 5.14. The molecule has 1 aliphatic rings. The van der Waals surface area contributed by atoms with E-state index in [1.54, 1.807) is 13.0 Å². The van der Waals surface area contributed by atoms with Crippen molar-refractivity contribution in [3.63, 3.8) is 0 Å². The fourth-order valence-electron chi connectivity index (χ4n) is 2.50. The number of rotatable bonds is 4. The van der Waals surface area contributed by atoms with Crippen molar-refractivity contribution < 1.29 is 14.8 Å². The van der Waals surface area contributed by atoms with Crippen LogP contribution in [0.3, 0.4) is 0 Å². The summed E-state index contributed by atoms with van der Waals surface area (Å²) in [7, 11) is 0. The Bertz CT molecular complexity index is 563. The predicted octanol–water partition coefficient (Wildman–Crippen LogP) is 2.69. The Morgan fingerprint density at radius 1 is 1.60 bits per heavy atom. The van der Waals surface area contributed by atoms with E-state index in [1.165, 1.54) is 12.1 Å². The molecule has 0 spiro atoms. The second-order valence-corrected chi connectivity index (χ2v) is 5.54. The van der Waals surface area contributed by atoms with Crippen molar-refractivity contribution in [1.29, 1.82) is 0 Å². The van der Waals surface area contributed by atoms with Crippen LogP contribution in [-0.2, 0) is 11.3 Å².